The summed E-state index contributed by atoms with van der Waals surface area (Å²) in [4.78, 5) is 8.19. The van der Waals surface area contributed by atoms with Crippen molar-refractivity contribution in [2.45, 2.75) is 0 Å². The van der Waals surface area contributed by atoms with Gasteiger partial charge < -0.3 is 0 Å². The second-order valence-corrected chi connectivity index (χ2v) is 4.66. The third-order valence-electron chi connectivity index (χ3n) is 2.46. The molecule has 0 saturated heterocycles. The van der Waals surface area contributed by atoms with Gasteiger partial charge in [0, 0.05) is 17.8 Å². The van der Waals surface area contributed by atoms with Crippen LogP contribution in [0.1, 0.15) is 11.1 Å². The fourth-order valence-corrected chi connectivity index (χ4v) is 2.22. The second kappa shape index (κ2) is 4.75. The van der Waals surface area contributed by atoms with Crippen LogP contribution in [0.5, 0.6) is 0 Å². The summed E-state index contributed by atoms with van der Waals surface area (Å²) in [6, 6.07) is 5.15. The minimum atomic E-state index is -0.667. The molecular formula is C14H6F2N2S. The van der Waals surface area contributed by atoms with Crippen LogP contribution in [-0.2, 0) is 0 Å². The average molecular weight is 272 g/mol. The number of rotatable bonds is 0. The van der Waals surface area contributed by atoms with E-state index in [2.05, 4.69) is 21.8 Å². The number of thiazole rings is 1. The van der Waals surface area contributed by atoms with Gasteiger partial charge in [-0.1, -0.05) is 11.8 Å². The molecule has 2 heterocycles. The van der Waals surface area contributed by atoms with Crippen molar-refractivity contribution in [1.82, 2.24) is 9.97 Å². The monoisotopic (exact) mass is 272 g/mol. The zero-order chi connectivity index (χ0) is 13.2. The van der Waals surface area contributed by atoms with Crippen LogP contribution in [0.2, 0.25) is 0 Å². The quantitative estimate of drug-likeness (QED) is 0.586. The summed E-state index contributed by atoms with van der Waals surface area (Å²) in [7, 11) is 0. The Bertz CT molecular complexity index is 815. The highest BCUT2D eigenvalue weighted by Crippen LogP contribution is 2.16. The Hall–Kier alpha value is -2.32. The third kappa shape index (κ3) is 2.44. The van der Waals surface area contributed by atoms with Gasteiger partial charge in [0.2, 0.25) is 0 Å². The maximum atomic E-state index is 13.4. The number of hydrogen-bond donors (Lipinski definition) is 0. The van der Waals surface area contributed by atoms with Crippen molar-refractivity contribution in [2.24, 2.45) is 0 Å². The highest BCUT2D eigenvalue weighted by atomic mass is 32.1. The van der Waals surface area contributed by atoms with E-state index in [1.165, 1.54) is 23.5 Å². The number of hydrogen-bond acceptors (Lipinski definition) is 3. The highest BCUT2D eigenvalue weighted by molar-refractivity contribution is 7.16. The van der Waals surface area contributed by atoms with Crippen LogP contribution in [0.25, 0.3) is 10.3 Å². The number of benzene rings is 1. The van der Waals surface area contributed by atoms with Crippen LogP contribution >= 0.6 is 11.3 Å². The van der Waals surface area contributed by atoms with E-state index < -0.39 is 11.6 Å². The molecular weight excluding hydrogens is 266 g/mol. The second-order valence-electron chi connectivity index (χ2n) is 3.77. The lowest BCUT2D eigenvalue weighted by molar-refractivity contribution is 0.581. The standard InChI is InChI=1S/C14H6F2N2S/c15-11-4-3-10(12(16)6-11)2-1-9-5-13-14(17-7-9)18-8-19-13/h3-8H. The van der Waals surface area contributed by atoms with Crippen molar-refractivity contribution in [1.29, 1.82) is 0 Å². The molecule has 5 heteroatoms. The largest absolute Gasteiger partial charge is 0.235 e. The first-order valence-electron chi connectivity index (χ1n) is 5.39. The number of pyridine rings is 1. The Labute approximate surface area is 111 Å². The molecule has 3 rings (SSSR count). The van der Waals surface area contributed by atoms with Crippen LogP contribution in [0.3, 0.4) is 0 Å². The molecule has 0 unspecified atom stereocenters. The van der Waals surface area contributed by atoms with Crippen molar-refractivity contribution >= 4 is 21.7 Å². The predicted octanol–water partition coefficient (Wildman–Crippen LogP) is 3.37. The van der Waals surface area contributed by atoms with E-state index in [0.29, 0.717) is 11.2 Å². The highest BCUT2D eigenvalue weighted by Gasteiger charge is 2.01. The van der Waals surface area contributed by atoms with E-state index in [0.717, 1.165) is 10.8 Å². The first kappa shape index (κ1) is 11.8. The van der Waals surface area contributed by atoms with E-state index in [9.17, 15) is 8.78 Å². The minimum Gasteiger partial charge on any atom is -0.235 e. The van der Waals surface area contributed by atoms with Crippen LogP contribution < -0.4 is 0 Å². The molecule has 0 atom stereocenters. The fourth-order valence-electron chi connectivity index (χ4n) is 1.55. The Kier molecular flexibility index (Phi) is 2.94. The molecule has 0 spiro atoms. The number of halogens is 2. The Morgan fingerprint density at radius 3 is 2.79 bits per heavy atom. The van der Waals surface area contributed by atoms with E-state index in [4.69, 9.17) is 0 Å². The molecule has 0 aliphatic rings. The molecule has 1 aromatic carbocycles. The molecule has 0 aliphatic carbocycles. The van der Waals surface area contributed by atoms with Crippen molar-refractivity contribution in [3.63, 3.8) is 0 Å². The molecule has 0 radical (unpaired) electrons. The van der Waals surface area contributed by atoms with E-state index >= 15 is 0 Å². The van der Waals surface area contributed by atoms with Gasteiger partial charge in [-0.15, -0.1) is 11.3 Å². The lowest BCUT2D eigenvalue weighted by Gasteiger charge is -1.94. The van der Waals surface area contributed by atoms with Gasteiger partial charge in [-0.3, -0.25) is 0 Å². The Morgan fingerprint density at radius 1 is 1.05 bits per heavy atom. The zero-order valence-corrected chi connectivity index (χ0v) is 10.3. The van der Waals surface area contributed by atoms with Gasteiger partial charge in [-0.25, -0.2) is 18.7 Å². The lowest BCUT2D eigenvalue weighted by atomic mass is 10.2. The number of nitrogens with zero attached hydrogens (tertiary/aromatic N) is 2. The molecule has 0 bridgehead atoms. The topological polar surface area (TPSA) is 25.8 Å². The molecule has 0 fully saturated rings. The first-order valence-corrected chi connectivity index (χ1v) is 6.27. The Morgan fingerprint density at radius 2 is 1.95 bits per heavy atom. The van der Waals surface area contributed by atoms with E-state index in [-0.39, 0.29) is 5.56 Å². The smallest absolute Gasteiger partial charge is 0.170 e. The molecule has 3 aromatic rings. The van der Waals surface area contributed by atoms with Gasteiger partial charge in [0.15, 0.2) is 5.65 Å². The van der Waals surface area contributed by atoms with Crippen LogP contribution in [0.4, 0.5) is 8.78 Å². The van der Waals surface area contributed by atoms with Crippen molar-refractivity contribution < 1.29 is 8.78 Å². The van der Waals surface area contributed by atoms with Gasteiger partial charge in [0.1, 0.15) is 11.6 Å². The summed E-state index contributed by atoms with van der Waals surface area (Å²) in [6.07, 6.45) is 1.58. The van der Waals surface area contributed by atoms with Gasteiger partial charge in [0.25, 0.3) is 0 Å². The summed E-state index contributed by atoms with van der Waals surface area (Å²) in [6.45, 7) is 0. The summed E-state index contributed by atoms with van der Waals surface area (Å²) in [5.41, 5.74) is 3.20. The third-order valence-corrected chi connectivity index (χ3v) is 3.23. The molecule has 0 N–H and O–H groups in total. The van der Waals surface area contributed by atoms with Crippen molar-refractivity contribution in [2.75, 3.05) is 0 Å². The fraction of sp³-hybridized carbons (Fsp3) is 0. The average Bonchev–Trinajstić information content (AvgIpc) is 2.85. The predicted molar refractivity (Wildman–Crippen MR) is 69.8 cm³/mol. The molecule has 92 valence electrons. The zero-order valence-electron chi connectivity index (χ0n) is 9.52. The maximum absolute atomic E-state index is 13.4. The van der Waals surface area contributed by atoms with Crippen molar-refractivity contribution in [3.8, 4) is 11.8 Å². The molecule has 0 aliphatic heterocycles. The minimum absolute atomic E-state index is 0.158. The summed E-state index contributed by atoms with van der Waals surface area (Å²) >= 11 is 1.46. The number of fused-ring (bicyclic) bond motifs is 1. The van der Waals surface area contributed by atoms with Crippen LogP contribution in [0, 0.1) is 23.5 Å². The maximum Gasteiger partial charge on any atom is 0.170 e. The lowest BCUT2D eigenvalue weighted by Crippen LogP contribution is -1.85. The summed E-state index contributed by atoms with van der Waals surface area (Å²) in [5, 5.41) is 0. The summed E-state index contributed by atoms with van der Waals surface area (Å²) < 4.78 is 27.1. The van der Waals surface area contributed by atoms with E-state index in [1.807, 2.05) is 6.07 Å². The molecule has 0 saturated carbocycles. The normalized spacial score (nSPS) is 10.2. The molecule has 0 amide bonds. The van der Waals surface area contributed by atoms with Gasteiger partial charge in [0.05, 0.1) is 15.8 Å². The SMILES string of the molecule is Fc1ccc(C#Cc2cnc3ncsc3c2)c(F)c1. The van der Waals surface area contributed by atoms with Gasteiger partial charge >= 0.3 is 0 Å². The summed E-state index contributed by atoms with van der Waals surface area (Å²) in [5.74, 6) is 4.19. The first-order chi connectivity index (χ1) is 9.22. The molecule has 19 heavy (non-hydrogen) atoms. The van der Waals surface area contributed by atoms with Gasteiger partial charge in [-0.2, -0.15) is 0 Å². The van der Waals surface area contributed by atoms with Gasteiger partial charge in [-0.05, 0) is 18.2 Å². The van der Waals surface area contributed by atoms with E-state index in [1.54, 1.807) is 11.7 Å². The number of aromatic nitrogens is 2. The Balaban J connectivity index is 1.98. The molecule has 2 nitrogen and oxygen atoms in total. The van der Waals surface area contributed by atoms with Crippen LogP contribution in [-0.4, -0.2) is 9.97 Å². The molecule has 2 aromatic heterocycles. The van der Waals surface area contributed by atoms with Crippen LogP contribution in [0.15, 0.2) is 36.0 Å². The van der Waals surface area contributed by atoms with Crippen molar-refractivity contribution in [3.05, 3.63) is 58.7 Å².